The van der Waals surface area contributed by atoms with Gasteiger partial charge < -0.3 is 10.1 Å². The smallest absolute Gasteiger partial charge is 0.406 e. The first kappa shape index (κ1) is 21.2. The minimum Gasteiger partial charge on any atom is -0.406 e. The van der Waals surface area contributed by atoms with E-state index < -0.39 is 23.9 Å². The lowest BCUT2D eigenvalue weighted by Crippen LogP contribution is -2.32. The molecule has 0 saturated carbocycles. The van der Waals surface area contributed by atoms with Crippen molar-refractivity contribution < 1.29 is 27.5 Å². The molecule has 0 fully saturated rings. The predicted molar refractivity (Wildman–Crippen MR) is 114 cm³/mol. The summed E-state index contributed by atoms with van der Waals surface area (Å²) >= 11 is 0. The average Bonchev–Trinajstić information content (AvgIpc) is 2.98. The van der Waals surface area contributed by atoms with Crippen LogP contribution in [0.2, 0.25) is 0 Å². The Labute approximate surface area is 181 Å². The SMILES string of the molecule is Cc1ccc(C2=C(Nc3cccc(OC(F)(F)F)c3)C(=O)N(c3ccccc3)C2=O)cc1. The summed E-state index contributed by atoms with van der Waals surface area (Å²) in [6.07, 6.45) is -4.85. The van der Waals surface area contributed by atoms with Gasteiger partial charge in [0, 0.05) is 11.8 Å². The number of carbonyl (C=O) groups excluding carboxylic acids is 2. The topological polar surface area (TPSA) is 58.6 Å². The Balaban J connectivity index is 1.76. The van der Waals surface area contributed by atoms with E-state index in [4.69, 9.17) is 0 Å². The van der Waals surface area contributed by atoms with E-state index in [-0.39, 0.29) is 17.0 Å². The van der Waals surface area contributed by atoms with Crippen LogP contribution in [-0.2, 0) is 9.59 Å². The number of carbonyl (C=O) groups is 2. The number of hydrogen-bond donors (Lipinski definition) is 1. The lowest BCUT2D eigenvalue weighted by Gasteiger charge is -2.15. The van der Waals surface area contributed by atoms with Gasteiger partial charge in [-0.3, -0.25) is 9.59 Å². The third-order valence-corrected chi connectivity index (χ3v) is 4.78. The van der Waals surface area contributed by atoms with Crippen LogP contribution in [-0.4, -0.2) is 18.2 Å². The van der Waals surface area contributed by atoms with E-state index in [9.17, 15) is 22.8 Å². The monoisotopic (exact) mass is 438 g/mol. The zero-order valence-corrected chi connectivity index (χ0v) is 16.8. The Morgan fingerprint density at radius 2 is 1.53 bits per heavy atom. The summed E-state index contributed by atoms with van der Waals surface area (Å²) < 4.78 is 41.7. The largest absolute Gasteiger partial charge is 0.573 e. The molecule has 5 nitrogen and oxygen atoms in total. The molecule has 0 unspecified atom stereocenters. The van der Waals surface area contributed by atoms with E-state index in [1.807, 2.05) is 6.92 Å². The Bertz CT molecular complexity index is 1200. The highest BCUT2D eigenvalue weighted by molar-refractivity contribution is 6.46. The Morgan fingerprint density at radius 3 is 2.19 bits per heavy atom. The van der Waals surface area contributed by atoms with Crippen LogP contribution < -0.4 is 15.0 Å². The lowest BCUT2D eigenvalue weighted by molar-refractivity contribution is -0.274. The number of anilines is 2. The van der Waals surface area contributed by atoms with Crippen LogP contribution in [0.1, 0.15) is 11.1 Å². The van der Waals surface area contributed by atoms with E-state index in [1.54, 1.807) is 54.6 Å². The molecule has 0 aliphatic carbocycles. The number of ether oxygens (including phenoxy) is 1. The second kappa shape index (κ2) is 8.22. The fraction of sp³-hybridized carbons (Fsp3) is 0.0833. The molecular formula is C24H17F3N2O3. The van der Waals surface area contributed by atoms with E-state index in [1.165, 1.54) is 12.1 Å². The number of nitrogens with one attached hydrogen (secondary N) is 1. The first-order valence-corrected chi connectivity index (χ1v) is 9.61. The second-order valence-electron chi connectivity index (χ2n) is 7.10. The molecule has 1 aliphatic heterocycles. The third-order valence-electron chi connectivity index (χ3n) is 4.78. The quantitative estimate of drug-likeness (QED) is 0.550. The van der Waals surface area contributed by atoms with E-state index >= 15 is 0 Å². The van der Waals surface area contributed by atoms with E-state index in [0.29, 0.717) is 11.3 Å². The molecule has 3 aromatic rings. The highest BCUT2D eigenvalue weighted by Gasteiger charge is 2.40. The highest BCUT2D eigenvalue weighted by Crippen LogP contribution is 2.34. The summed E-state index contributed by atoms with van der Waals surface area (Å²) in [6, 6.07) is 20.5. The van der Waals surface area contributed by atoms with Gasteiger partial charge in [-0.15, -0.1) is 13.2 Å². The van der Waals surface area contributed by atoms with Crippen molar-refractivity contribution in [3.05, 3.63) is 95.7 Å². The molecular weight excluding hydrogens is 421 g/mol. The van der Waals surface area contributed by atoms with Crippen LogP contribution in [0.3, 0.4) is 0 Å². The summed E-state index contributed by atoms with van der Waals surface area (Å²) in [5.74, 6) is -1.59. The number of rotatable bonds is 5. The number of hydrogen-bond acceptors (Lipinski definition) is 4. The van der Waals surface area contributed by atoms with Crippen molar-refractivity contribution >= 4 is 28.8 Å². The molecule has 32 heavy (non-hydrogen) atoms. The molecule has 0 aromatic heterocycles. The van der Waals surface area contributed by atoms with Crippen molar-refractivity contribution in [3.8, 4) is 5.75 Å². The molecule has 0 atom stereocenters. The minimum atomic E-state index is -4.85. The van der Waals surface area contributed by atoms with E-state index in [2.05, 4.69) is 10.1 Å². The van der Waals surface area contributed by atoms with Crippen molar-refractivity contribution in [2.24, 2.45) is 0 Å². The molecule has 3 aromatic carbocycles. The second-order valence-corrected chi connectivity index (χ2v) is 7.10. The summed E-state index contributed by atoms with van der Waals surface area (Å²) in [4.78, 5) is 27.6. The van der Waals surface area contributed by atoms with Crippen LogP contribution in [0.5, 0.6) is 5.75 Å². The molecule has 1 heterocycles. The molecule has 0 spiro atoms. The van der Waals surface area contributed by atoms with Crippen molar-refractivity contribution in [1.29, 1.82) is 0 Å². The number of aryl methyl sites for hydroxylation is 1. The molecule has 2 amide bonds. The Morgan fingerprint density at radius 1 is 0.844 bits per heavy atom. The number of halogens is 3. The van der Waals surface area contributed by atoms with Crippen molar-refractivity contribution in [2.45, 2.75) is 13.3 Å². The molecule has 0 bridgehead atoms. The first-order chi connectivity index (χ1) is 15.2. The molecule has 162 valence electrons. The van der Waals surface area contributed by atoms with Gasteiger partial charge in [-0.25, -0.2) is 4.90 Å². The number of amides is 2. The van der Waals surface area contributed by atoms with Gasteiger partial charge in [0.1, 0.15) is 11.4 Å². The maximum Gasteiger partial charge on any atom is 0.573 e. The first-order valence-electron chi connectivity index (χ1n) is 9.61. The summed E-state index contributed by atoms with van der Waals surface area (Å²) in [7, 11) is 0. The van der Waals surface area contributed by atoms with E-state index in [0.717, 1.165) is 22.6 Å². The fourth-order valence-corrected chi connectivity index (χ4v) is 3.36. The minimum absolute atomic E-state index is 0.0353. The van der Waals surface area contributed by atoms with Crippen LogP contribution in [0.25, 0.3) is 5.57 Å². The number of benzene rings is 3. The highest BCUT2D eigenvalue weighted by atomic mass is 19.4. The normalized spacial score (nSPS) is 14.2. The van der Waals surface area contributed by atoms with Gasteiger partial charge in [-0.2, -0.15) is 0 Å². The number of alkyl halides is 3. The summed E-state index contributed by atoms with van der Waals surface area (Å²) in [6.45, 7) is 1.89. The Hall–Kier alpha value is -4.07. The number of imide groups is 1. The van der Waals surface area contributed by atoms with Gasteiger partial charge in [-0.05, 0) is 36.8 Å². The van der Waals surface area contributed by atoms with Gasteiger partial charge in [0.05, 0.1) is 11.3 Å². The molecule has 4 rings (SSSR count). The maximum atomic E-state index is 13.3. The molecule has 0 radical (unpaired) electrons. The van der Waals surface area contributed by atoms with Gasteiger partial charge in [0.15, 0.2) is 0 Å². The van der Waals surface area contributed by atoms with Crippen molar-refractivity contribution in [3.63, 3.8) is 0 Å². The van der Waals surface area contributed by atoms with Crippen LogP contribution in [0.4, 0.5) is 24.5 Å². The number of para-hydroxylation sites is 1. The van der Waals surface area contributed by atoms with Gasteiger partial charge in [0.2, 0.25) is 0 Å². The van der Waals surface area contributed by atoms with Gasteiger partial charge in [0.25, 0.3) is 11.8 Å². The predicted octanol–water partition coefficient (Wildman–Crippen LogP) is 5.29. The van der Waals surface area contributed by atoms with Crippen LogP contribution in [0.15, 0.2) is 84.6 Å². The molecule has 8 heteroatoms. The number of nitrogens with zero attached hydrogens (tertiary/aromatic N) is 1. The Kier molecular flexibility index (Phi) is 5.44. The van der Waals surface area contributed by atoms with Crippen LogP contribution >= 0.6 is 0 Å². The van der Waals surface area contributed by atoms with Crippen molar-refractivity contribution in [1.82, 2.24) is 0 Å². The van der Waals surface area contributed by atoms with Gasteiger partial charge >= 0.3 is 6.36 Å². The summed E-state index contributed by atoms with van der Waals surface area (Å²) in [5.41, 5.74) is 2.13. The molecule has 1 aliphatic rings. The molecule has 0 saturated heterocycles. The van der Waals surface area contributed by atoms with Gasteiger partial charge in [-0.1, -0.05) is 54.1 Å². The fourth-order valence-electron chi connectivity index (χ4n) is 3.36. The third kappa shape index (κ3) is 4.34. The van der Waals surface area contributed by atoms with Crippen LogP contribution in [0, 0.1) is 6.92 Å². The standard InChI is InChI=1S/C24H17F3N2O3/c1-15-10-12-16(13-11-15)20-21(23(31)29(22(20)30)18-7-3-2-4-8-18)28-17-6-5-9-19(14-17)32-24(25,26)27/h2-14,28H,1H3. The van der Waals surface area contributed by atoms with Crippen molar-refractivity contribution in [2.75, 3.05) is 10.2 Å². The summed E-state index contributed by atoms with van der Waals surface area (Å²) in [5, 5.41) is 2.83. The lowest BCUT2D eigenvalue weighted by atomic mass is 10.0. The average molecular weight is 438 g/mol. The maximum absolute atomic E-state index is 13.3. The molecule has 1 N–H and O–H groups in total. The zero-order chi connectivity index (χ0) is 22.9. The zero-order valence-electron chi connectivity index (χ0n) is 16.8.